The van der Waals surface area contributed by atoms with Crippen LogP contribution >= 0.6 is 0 Å². The number of carbonyl (C=O) groups excluding carboxylic acids is 1. The summed E-state index contributed by atoms with van der Waals surface area (Å²) < 4.78 is 10.3. The second-order valence-corrected chi connectivity index (χ2v) is 4.93. The molecule has 1 heterocycles. The Balaban J connectivity index is 2.04. The summed E-state index contributed by atoms with van der Waals surface area (Å²) in [4.78, 5) is 11.6. The second-order valence-electron chi connectivity index (χ2n) is 4.93. The van der Waals surface area contributed by atoms with Gasteiger partial charge >= 0.3 is 5.97 Å². The van der Waals surface area contributed by atoms with Crippen molar-refractivity contribution in [1.82, 2.24) is 5.32 Å². The van der Waals surface area contributed by atoms with Crippen LogP contribution < -0.4 is 5.32 Å². The first kappa shape index (κ1) is 15.3. The summed E-state index contributed by atoms with van der Waals surface area (Å²) in [7, 11) is 1.37. The molecule has 4 heteroatoms. The zero-order chi connectivity index (χ0) is 15.2. The van der Waals surface area contributed by atoms with Crippen molar-refractivity contribution >= 4 is 5.97 Å². The number of benzene rings is 1. The van der Waals surface area contributed by atoms with Crippen molar-refractivity contribution < 1.29 is 13.9 Å². The van der Waals surface area contributed by atoms with Crippen LogP contribution in [0, 0.1) is 6.92 Å². The van der Waals surface area contributed by atoms with Crippen LogP contribution in [0.5, 0.6) is 0 Å². The summed E-state index contributed by atoms with van der Waals surface area (Å²) in [5, 5.41) is 3.45. The number of carbonyl (C=O) groups is 1. The molecule has 21 heavy (non-hydrogen) atoms. The van der Waals surface area contributed by atoms with E-state index in [2.05, 4.69) is 24.4 Å². The third-order valence-electron chi connectivity index (χ3n) is 3.51. The zero-order valence-corrected chi connectivity index (χ0v) is 12.7. The molecule has 1 N–H and O–H groups in total. The standard InChI is InChI=1S/C17H21NO3/c1-4-16(13-8-6-5-7-9-13)18-11-14-10-15(12(2)21-14)17(19)20-3/h5-10,16,18H,4,11H2,1-3H3. The van der Waals surface area contributed by atoms with Crippen LogP contribution in [-0.4, -0.2) is 13.1 Å². The molecule has 0 saturated carbocycles. The van der Waals surface area contributed by atoms with Crippen LogP contribution in [0.4, 0.5) is 0 Å². The number of nitrogens with one attached hydrogen (secondary N) is 1. The molecule has 1 aromatic carbocycles. The minimum absolute atomic E-state index is 0.262. The van der Waals surface area contributed by atoms with Crippen molar-refractivity contribution in [3.05, 3.63) is 59.0 Å². The lowest BCUT2D eigenvalue weighted by atomic mass is 10.0. The Morgan fingerprint density at radius 1 is 1.33 bits per heavy atom. The molecule has 1 atom stereocenters. The van der Waals surface area contributed by atoms with Gasteiger partial charge in [-0.15, -0.1) is 0 Å². The number of furan rings is 1. The summed E-state index contributed by atoms with van der Waals surface area (Å²) >= 11 is 0. The number of aryl methyl sites for hydroxylation is 1. The molecular weight excluding hydrogens is 266 g/mol. The third kappa shape index (κ3) is 3.73. The number of methoxy groups -OCH3 is 1. The Labute approximate surface area is 125 Å². The molecule has 1 unspecified atom stereocenters. The van der Waals surface area contributed by atoms with Crippen molar-refractivity contribution in [1.29, 1.82) is 0 Å². The second kappa shape index (κ2) is 7.09. The first-order chi connectivity index (χ1) is 10.2. The minimum atomic E-state index is -0.363. The fraction of sp³-hybridized carbons (Fsp3) is 0.353. The van der Waals surface area contributed by atoms with E-state index in [4.69, 9.17) is 9.15 Å². The zero-order valence-electron chi connectivity index (χ0n) is 12.7. The average Bonchev–Trinajstić information content (AvgIpc) is 2.89. The van der Waals surface area contributed by atoms with Crippen molar-refractivity contribution in [2.45, 2.75) is 32.9 Å². The van der Waals surface area contributed by atoms with Gasteiger partial charge in [-0.2, -0.15) is 0 Å². The van der Waals surface area contributed by atoms with Crippen LogP contribution in [-0.2, 0) is 11.3 Å². The first-order valence-corrected chi connectivity index (χ1v) is 7.11. The smallest absolute Gasteiger partial charge is 0.341 e. The Morgan fingerprint density at radius 3 is 2.67 bits per heavy atom. The van der Waals surface area contributed by atoms with Crippen molar-refractivity contribution in [3.8, 4) is 0 Å². The van der Waals surface area contributed by atoms with Gasteiger partial charge in [0.05, 0.1) is 13.7 Å². The van der Waals surface area contributed by atoms with Crippen LogP contribution in [0.3, 0.4) is 0 Å². The Kier molecular flexibility index (Phi) is 5.17. The quantitative estimate of drug-likeness (QED) is 0.824. The molecule has 0 spiro atoms. The van der Waals surface area contributed by atoms with Crippen molar-refractivity contribution in [3.63, 3.8) is 0 Å². The van der Waals surface area contributed by atoms with E-state index in [1.54, 1.807) is 13.0 Å². The molecule has 0 amide bonds. The average molecular weight is 287 g/mol. The lowest BCUT2D eigenvalue weighted by Crippen LogP contribution is -2.19. The predicted molar refractivity (Wildman–Crippen MR) is 81.1 cm³/mol. The molecule has 1 aromatic heterocycles. The highest BCUT2D eigenvalue weighted by Crippen LogP contribution is 2.19. The van der Waals surface area contributed by atoms with Crippen LogP contribution in [0.25, 0.3) is 0 Å². The molecule has 0 aliphatic heterocycles. The molecule has 0 bridgehead atoms. The van der Waals surface area contributed by atoms with Gasteiger partial charge in [-0.25, -0.2) is 4.79 Å². The van der Waals surface area contributed by atoms with Gasteiger partial charge in [-0.3, -0.25) is 0 Å². The van der Waals surface area contributed by atoms with E-state index in [9.17, 15) is 4.79 Å². The highest BCUT2D eigenvalue weighted by Gasteiger charge is 2.16. The van der Waals surface area contributed by atoms with Gasteiger partial charge in [0.1, 0.15) is 17.1 Å². The molecule has 2 aromatic rings. The van der Waals surface area contributed by atoms with E-state index in [1.165, 1.54) is 12.7 Å². The Bertz CT molecular complexity index is 589. The monoisotopic (exact) mass is 287 g/mol. The molecule has 0 fully saturated rings. The Morgan fingerprint density at radius 2 is 2.05 bits per heavy atom. The third-order valence-corrected chi connectivity index (χ3v) is 3.51. The van der Waals surface area contributed by atoms with Crippen LogP contribution in [0.1, 0.15) is 46.8 Å². The molecule has 112 valence electrons. The summed E-state index contributed by atoms with van der Waals surface area (Å²) in [5.41, 5.74) is 1.73. The maximum Gasteiger partial charge on any atom is 0.341 e. The minimum Gasteiger partial charge on any atom is -0.465 e. The van der Waals surface area contributed by atoms with Gasteiger partial charge in [-0.1, -0.05) is 37.3 Å². The molecule has 4 nitrogen and oxygen atoms in total. The van der Waals surface area contributed by atoms with Crippen LogP contribution in [0.15, 0.2) is 40.8 Å². The van der Waals surface area contributed by atoms with E-state index in [-0.39, 0.29) is 12.0 Å². The van der Waals surface area contributed by atoms with Crippen molar-refractivity contribution in [2.24, 2.45) is 0 Å². The van der Waals surface area contributed by atoms with E-state index in [0.29, 0.717) is 17.9 Å². The normalized spacial score (nSPS) is 12.1. The van der Waals surface area contributed by atoms with E-state index in [0.717, 1.165) is 12.2 Å². The Hall–Kier alpha value is -2.07. The SMILES string of the molecule is CCC(NCc1cc(C(=O)OC)c(C)o1)c1ccccc1. The molecule has 2 rings (SSSR count). The van der Waals surface area contributed by atoms with Gasteiger partial charge in [0.15, 0.2) is 0 Å². The van der Waals surface area contributed by atoms with E-state index in [1.807, 2.05) is 18.2 Å². The molecule has 0 aliphatic carbocycles. The maximum absolute atomic E-state index is 11.6. The molecule has 0 aliphatic rings. The maximum atomic E-state index is 11.6. The molecule has 0 saturated heterocycles. The molecule has 0 radical (unpaired) electrons. The van der Waals surface area contributed by atoms with Crippen molar-refractivity contribution in [2.75, 3.05) is 7.11 Å². The lowest BCUT2D eigenvalue weighted by Gasteiger charge is -2.16. The number of hydrogen-bond donors (Lipinski definition) is 1. The van der Waals surface area contributed by atoms with E-state index < -0.39 is 0 Å². The van der Waals surface area contributed by atoms with Crippen LogP contribution in [0.2, 0.25) is 0 Å². The fourth-order valence-corrected chi connectivity index (χ4v) is 2.35. The summed E-state index contributed by atoms with van der Waals surface area (Å²) in [6.07, 6.45) is 0.980. The largest absolute Gasteiger partial charge is 0.465 e. The number of rotatable bonds is 6. The fourth-order valence-electron chi connectivity index (χ4n) is 2.35. The van der Waals surface area contributed by atoms with Gasteiger partial charge in [0, 0.05) is 6.04 Å². The summed E-state index contributed by atoms with van der Waals surface area (Å²) in [6, 6.07) is 12.3. The number of ether oxygens (including phenoxy) is 1. The van der Waals surface area contributed by atoms with Gasteiger partial charge in [0.2, 0.25) is 0 Å². The number of hydrogen-bond acceptors (Lipinski definition) is 4. The lowest BCUT2D eigenvalue weighted by molar-refractivity contribution is 0.0599. The first-order valence-electron chi connectivity index (χ1n) is 7.11. The van der Waals surface area contributed by atoms with Gasteiger partial charge in [-0.05, 0) is 25.0 Å². The topological polar surface area (TPSA) is 51.5 Å². The van der Waals surface area contributed by atoms with Gasteiger partial charge in [0.25, 0.3) is 0 Å². The summed E-state index contributed by atoms with van der Waals surface area (Å²) in [5.74, 6) is 0.964. The summed E-state index contributed by atoms with van der Waals surface area (Å²) in [6.45, 7) is 4.48. The van der Waals surface area contributed by atoms with E-state index >= 15 is 0 Å². The molecular formula is C17H21NO3. The highest BCUT2D eigenvalue weighted by molar-refractivity contribution is 5.90. The van der Waals surface area contributed by atoms with Gasteiger partial charge < -0.3 is 14.5 Å². The highest BCUT2D eigenvalue weighted by atomic mass is 16.5. The number of esters is 1. The predicted octanol–water partition coefficient (Wildman–Crippen LogP) is 3.62.